The maximum Gasteiger partial charge on any atom is 0.322 e. The number of rotatable bonds is 6. The summed E-state index contributed by atoms with van der Waals surface area (Å²) in [6.45, 7) is 0.292. The lowest BCUT2D eigenvalue weighted by atomic mass is 10.1. The number of hydrogen-bond acceptors (Lipinski definition) is 3. The Bertz CT molecular complexity index is 562. The topological polar surface area (TPSA) is 87.3 Å². The summed E-state index contributed by atoms with van der Waals surface area (Å²) >= 11 is 0. The summed E-state index contributed by atoms with van der Waals surface area (Å²) in [5.41, 5.74) is 0.757. The Hall–Kier alpha value is -2.44. The Morgan fingerprint density at radius 1 is 1.33 bits per heavy atom. The summed E-state index contributed by atoms with van der Waals surface area (Å²) < 4.78 is 13.0. The summed E-state index contributed by atoms with van der Waals surface area (Å²) in [5.74, 6) is -0.881. The highest BCUT2D eigenvalue weighted by Gasteiger charge is 2.28. The van der Waals surface area contributed by atoms with E-state index in [1.807, 2.05) is 0 Å². The highest BCUT2D eigenvalue weighted by Crippen LogP contribution is 2.06. The van der Waals surface area contributed by atoms with Crippen molar-refractivity contribution in [3.8, 4) is 0 Å². The standard InChI is InChI=1S/C14H16FN3O3/c15-10-3-1-2-9(8-10)4-5-12(19)16-7-6-11-13(20)18-14(21)17-11/h1-3,8,11H,4-7H2,(H,16,19)(H2,17,18,20,21). The van der Waals surface area contributed by atoms with Crippen LogP contribution in [-0.4, -0.2) is 30.4 Å². The first-order valence-corrected chi connectivity index (χ1v) is 6.67. The van der Waals surface area contributed by atoms with Crippen LogP contribution in [0.4, 0.5) is 9.18 Å². The molecule has 0 radical (unpaired) electrons. The molecule has 1 fully saturated rings. The average Bonchev–Trinajstić information content (AvgIpc) is 2.75. The molecule has 1 aliphatic heterocycles. The number of nitrogens with one attached hydrogen (secondary N) is 3. The van der Waals surface area contributed by atoms with Gasteiger partial charge in [0.1, 0.15) is 11.9 Å². The lowest BCUT2D eigenvalue weighted by Gasteiger charge is -2.08. The Kier molecular flexibility index (Phi) is 4.86. The van der Waals surface area contributed by atoms with E-state index in [1.165, 1.54) is 12.1 Å². The third-order valence-electron chi connectivity index (χ3n) is 3.14. The van der Waals surface area contributed by atoms with Gasteiger partial charge in [0.05, 0.1) is 0 Å². The van der Waals surface area contributed by atoms with Crippen LogP contribution in [-0.2, 0) is 16.0 Å². The van der Waals surface area contributed by atoms with Crippen LogP contribution in [0.1, 0.15) is 18.4 Å². The second-order valence-electron chi connectivity index (χ2n) is 4.78. The zero-order chi connectivity index (χ0) is 15.2. The Balaban J connectivity index is 1.66. The first-order chi connectivity index (χ1) is 10.0. The SMILES string of the molecule is O=C(CCc1cccc(F)c1)NCCC1NC(=O)NC1=O. The third-order valence-corrected chi connectivity index (χ3v) is 3.14. The second-order valence-corrected chi connectivity index (χ2v) is 4.78. The largest absolute Gasteiger partial charge is 0.356 e. The van der Waals surface area contributed by atoms with Gasteiger partial charge < -0.3 is 10.6 Å². The predicted molar refractivity (Wildman–Crippen MR) is 72.8 cm³/mol. The summed E-state index contributed by atoms with van der Waals surface area (Å²) in [6, 6.07) is 5.00. The fraction of sp³-hybridized carbons (Fsp3) is 0.357. The van der Waals surface area contributed by atoms with Gasteiger partial charge >= 0.3 is 6.03 Å². The molecular weight excluding hydrogens is 277 g/mol. The Morgan fingerprint density at radius 3 is 2.81 bits per heavy atom. The van der Waals surface area contributed by atoms with E-state index in [0.29, 0.717) is 19.4 Å². The summed E-state index contributed by atoms with van der Waals surface area (Å²) in [6.07, 6.45) is 1.03. The highest BCUT2D eigenvalue weighted by molar-refractivity contribution is 6.04. The molecule has 1 aromatic carbocycles. The van der Waals surface area contributed by atoms with Gasteiger partial charge in [-0.15, -0.1) is 0 Å². The fourth-order valence-corrected chi connectivity index (χ4v) is 2.06. The molecule has 3 N–H and O–H groups in total. The van der Waals surface area contributed by atoms with E-state index in [2.05, 4.69) is 16.0 Å². The number of carbonyl (C=O) groups is 3. The number of carbonyl (C=O) groups excluding carboxylic acids is 3. The molecule has 1 aliphatic rings. The molecule has 0 aliphatic carbocycles. The fourth-order valence-electron chi connectivity index (χ4n) is 2.06. The van der Waals surface area contributed by atoms with Crippen LogP contribution in [0.15, 0.2) is 24.3 Å². The number of amides is 4. The van der Waals surface area contributed by atoms with Gasteiger partial charge in [-0.05, 0) is 30.5 Å². The molecule has 1 heterocycles. The molecule has 1 saturated heterocycles. The molecule has 1 atom stereocenters. The van der Waals surface area contributed by atoms with Crippen LogP contribution in [0.5, 0.6) is 0 Å². The first-order valence-electron chi connectivity index (χ1n) is 6.67. The van der Waals surface area contributed by atoms with Crippen molar-refractivity contribution in [2.24, 2.45) is 0 Å². The number of aryl methyl sites for hydroxylation is 1. The molecule has 0 aromatic heterocycles. The average molecular weight is 293 g/mol. The van der Waals surface area contributed by atoms with Gasteiger partial charge in [0.2, 0.25) is 5.91 Å². The van der Waals surface area contributed by atoms with Crippen LogP contribution in [0, 0.1) is 5.82 Å². The van der Waals surface area contributed by atoms with E-state index < -0.39 is 12.1 Å². The maximum absolute atomic E-state index is 13.0. The van der Waals surface area contributed by atoms with Crippen LogP contribution in [0.25, 0.3) is 0 Å². The summed E-state index contributed by atoms with van der Waals surface area (Å²) in [7, 11) is 0. The lowest BCUT2D eigenvalue weighted by molar-refractivity contribution is -0.122. The molecular formula is C14H16FN3O3. The van der Waals surface area contributed by atoms with Crippen molar-refractivity contribution in [2.75, 3.05) is 6.54 Å². The molecule has 0 saturated carbocycles. The van der Waals surface area contributed by atoms with Crippen molar-refractivity contribution in [2.45, 2.75) is 25.3 Å². The summed E-state index contributed by atoms with van der Waals surface area (Å²) in [5, 5.41) is 7.23. The summed E-state index contributed by atoms with van der Waals surface area (Å²) in [4.78, 5) is 33.8. The van der Waals surface area contributed by atoms with Crippen molar-refractivity contribution < 1.29 is 18.8 Å². The molecule has 1 aromatic rings. The molecule has 2 rings (SSSR count). The molecule has 21 heavy (non-hydrogen) atoms. The zero-order valence-electron chi connectivity index (χ0n) is 11.3. The molecule has 112 valence electrons. The predicted octanol–water partition coefficient (Wildman–Crippen LogP) is 0.473. The number of urea groups is 1. The van der Waals surface area contributed by atoms with Gasteiger partial charge in [0.15, 0.2) is 0 Å². The normalized spacial score (nSPS) is 17.3. The van der Waals surface area contributed by atoms with Crippen LogP contribution in [0.2, 0.25) is 0 Å². The molecule has 6 nitrogen and oxygen atoms in total. The quantitative estimate of drug-likeness (QED) is 0.666. The van der Waals surface area contributed by atoms with Crippen molar-refractivity contribution in [1.82, 2.24) is 16.0 Å². The van der Waals surface area contributed by atoms with E-state index in [0.717, 1.165) is 5.56 Å². The molecule has 7 heteroatoms. The van der Waals surface area contributed by atoms with E-state index >= 15 is 0 Å². The smallest absolute Gasteiger partial charge is 0.322 e. The molecule has 1 unspecified atom stereocenters. The Labute approximate surface area is 121 Å². The number of imide groups is 1. The van der Waals surface area contributed by atoms with Gasteiger partial charge in [-0.25, -0.2) is 9.18 Å². The van der Waals surface area contributed by atoms with Crippen molar-refractivity contribution in [1.29, 1.82) is 0 Å². The van der Waals surface area contributed by atoms with E-state index in [1.54, 1.807) is 12.1 Å². The van der Waals surface area contributed by atoms with Gasteiger partial charge in [0.25, 0.3) is 5.91 Å². The maximum atomic E-state index is 13.0. The molecule has 0 spiro atoms. The second kappa shape index (κ2) is 6.83. The molecule has 0 bridgehead atoms. The number of halogens is 1. The van der Waals surface area contributed by atoms with Crippen molar-refractivity contribution in [3.63, 3.8) is 0 Å². The number of benzene rings is 1. The first kappa shape index (κ1) is 15.0. The van der Waals surface area contributed by atoms with E-state index in [9.17, 15) is 18.8 Å². The highest BCUT2D eigenvalue weighted by atomic mass is 19.1. The van der Waals surface area contributed by atoms with Crippen LogP contribution >= 0.6 is 0 Å². The van der Waals surface area contributed by atoms with Gasteiger partial charge in [0, 0.05) is 13.0 Å². The zero-order valence-corrected chi connectivity index (χ0v) is 11.3. The van der Waals surface area contributed by atoms with Gasteiger partial charge in [-0.1, -0.05) is 12.1 Å². The third kappa shape index (κ3) is 4.55. The minimum absolute atomic E-state index is 0.177. The van der Waals surface area contributed by atoms with Gasteiger partial charge in [-0.2, -0.15) is 0 Å². The van der Waals surface area contributed by atoms with Crippen LogP contribution < -0.4 is 16.0 Å². The van der Waals surface area contributed by atoms with Crippen LogP contribution in [0.3, 0.4) is 0 Å². The van der Waals surface area contributed by atoms with Crippen molar-refractivity contribution in [3.05, 3.63) is 35.6 Å². The number of hydrogen-bond donors (Lipinski definition) is 3. The Morgan fingerprint density at radius 2 is 2.14 bits per heavy atom. The molecule has 4 amide bonds. The van der Waals surface area contributed by atoms with E-state index in [4.69, 9.17) is 0 Å². The van der Waals surface area contributed by atoms with Gasteiger partial charge in [-0.3, -0.25) is 14.9 Å². The van der Waals surface area contributed by atoms with Crippen molar-refractivity contribution >= 4 is 17.8 Å². The monoisotopic (exact) mass is 293 g/mol. The minimum Gasteiger partial charge on any atom is -0.356 e. The lowest BCUT2D eigenvalue weighted by Crippen LogP contribution is -2.34. The van der Waals surface area contributed by atoms with E-state index in [-0.39, 0.29) is 24.1 Å². The minimum atomic E-state index is -0.596.